The Labute approximate surface area is 166 Å². The van der Waals surface area contributed by atoms with Crippen LogP contribution in [0.4, 0.5) is 0 Å². The van der Waals surface area contributed by atoms with Crippen molar-refractivity contribution in [2.45, 2.75) is 39.8 Å². The average molecular weight is 393 g/mol. The predicted molar refractivity (Wildman–Crippen MR) is 109 cm³/mol. The predicted octanol–water partition coefficient (Wildman–Crippen LogP) is 2.66. The van der Waals surface area contributed by atoms with Crippen LogP contribution in [0.1, 0.15) is 31.7 Å². The van der Waals surface area contributed by atoms with E-state index in [0.29, 0.717) is 6.54 Å². The SMILES string of the molecule is CCOCCCNC(=NCc1cccc(Cl)c1)NCCn1cnnc1CC. The number of halogens is 1. The fourth-order valence-corrected chi connectivity index (χ4v) is 2.75. The highest BCUT2D eigenvalue weighted by Gasteiger charge is 2.03. The van der Waals surface area contributed by atoms with Crippen LogP contribution in [0.5, 0.6) is 0 Å². The van der Waals surface area contributed by atoms with Crippen molar-refractivity contribution >= 4 is 17.6 Å². The van der Waals surface area contributed by atoms with Gasteiger partial charge in [-0.3, -0.25) is 0 Å². The van der Waals surface area contributed by atoms with Gasteiger partial charge in [0.05, 0.1) is 6.54 Å². The first-order valence-corrected chi connectivity index (χ1v) is 9.81. The topological polar surface area (TPSA) is 76.4 Å². The van der Waals surface area contributed by atoms with Gasteiger partial charge < -0.3 is 19.9 Å². The van der Waals surface area contributed by atoms with E-state index in [-0.39, 0.29) is 0 Å². The number of hydrogen-bond acceptors (Lipinski definition) is 4. The van der Waals surface area contributed by atoms with Crippen molar-refractivity contribution in [1.29, 1.82) is 0 Å². The maximum absolute atomic E-state index is 6.05. The van der Waals surface area contributed by atoms with Crippen LogP contribution in [0.25, 0.3) is 0 Å². The highest BCUT2D eigenvalue weighted by atomic mass is 35.5. The molecule has 7 nitrogen and oxygen atoms in total. The Hall–Kier alpha value is -2.12. The van der Waals surface area contributed by atoms with E-state index in [9.17, 15) is 0 Å². The maximum atomic E-state index is 6.05. The number of hydrogen-bond donors (Lipinski definition) is 2. The molecule has 0 unspecified atom stereocenters. The molecule has 2 rings (SSSR count). The van der Waals surface area contributed by atoms with Crippen molar-refractivity contribution in [3.63, 3.8) is 0 Å². The zero-order valence-corrected chi connectivity index (χ0v) is 16.9. The number of aliphatic imine (C=N–C) groups is 1. The fourth-order valence-electron chi connectivity index (χ4n) is 2.54. The Morgan fingerprint density at radius 2 is 2.11 bits per heavy atom. The van der Waals surface area contributed by atoms with E-state index < -0.39 is 0 Å². The standard InChI is InChI=1S/C19H29ClN6O/c1-3-18-25-24-15-26(18)11-10-22-19(21-9-6-12-27-4-2)23-14-16-7-5-8-17(20)13-16/h5,7-8,13,15H,3-4,6,9-12,14H2,1-2H3,(H2,21,22,23). The van der Waals surface area contributed by atoms with Gasteiger partial charge in [0.15, 0.2) is 5.96 Å². The summed E-state index contributed by atoms with van der Waals surface area (Å²) in [5.74, 6) is 1.76. The summed E-state index contributed by atoms with van der Waals surface area (Å²) in [7, 11) is 0. The normalized spacial score (nSPS) is 11.6. The molecule has 0 amide bonds. The summed E-state index contributed by atoms with van der Waals surface area (Å²) >= 11 is 6.05. The van der Waals surface area contributed by atoms with E-state index >= 15 is 0 Å². The summed E-state index contributed by atoms with van der Waals surface area (Å²) < 4.78 is 7.43. The fraction of sp³-hybridized carbons (Fsp3) is 0.526. The van der Waals surface area contributed by atoms with E-state index in [4.69, 9.17) is 16.3 Å². The lowest BCUT2D eigenvalue weighted by Gasteiger charge is -2.13. The highest BCUT2D eigenvalue weighted by molar-refractivity contribution is 6.30. The van der Waals surface area contributed by atoms with Crippen molar-refractivity contribution in [1.82, 2.24) is 25.4 Å². The first-order valence-electron chi connectivity index (χ1n) is 9.44. The first kappa shape index (κ1) is 21.2. The minimum Gasteiger partial charge on any atom is -0.382 e. The summed E-state index contributed by atoms with van der Waals surface area (Å²) in [6.45, 7) is 8.44. The molecule has 0 atom stereocenters. The van der Waals surface area contributed by atoms with Gasteiger partial charge in [0.25, 0.3) is 0 Å². The third-order valence-corrected chi connectivity index (χ3v) is 4.16. The second-order valence-electron chi connectivity index (χ2n) is 5.99. The molecule has 0 saturated heterocycles. The number of benzene rings is 1. The van der Waals surface area contributed by atoms with Crippen LogP contribution >= 0.6 is 11.6 Å². The summed E-state index contributed by atoms with van der Waals surface area (Å²) in [6.07, 6.45) is 3.56. The van der Waals surface area contributed by atoms with Crippen LogP contribution < -0.4 is 10.6 Å². The second kappa shape index (κ2) is 12.3. The Morgan fingerprint density at radius 1 is 1.26 bits per heavy atom. The van der Waals surface area contributed by atoms with Gasteiger partial charge in [-0.05, 0) is 31.0 Å². The van der Waals surface area contributed by atoms with Crippen LogP contribution in [0, 0.1) is 0 Å². The van der Waals surface area contributed by atoms with E-state index in [1.807, 2.05) is 31.2 Å². The molecule has 1 aromatic carbocycles. The number of nitrogens with zero attached hydrogens (tertiary/aromatic N) is 4. The molecule has 0 spiro atoms. The maximum Gasteiger partial charge on any atom is 0.191 e. The summed E-state index contributed by atoms with van der Waals surface area (Å²) in [5, 5.41) is 15.5. The minimum absolute atomic E-state index is 0.564. The largest absolute Gasteiger partial charge is 0.382 e. The zero-order valence-electron chi connectivity index (χ0n) is 16.1. The molecule has 1 aromatic heterocycles. The molecule has 0 bridgehead atoms. The number of guanidine groups is 1. The van der Waals surface area contributed by atoms with Gasteiger partial charge in [0, 0.05) is 44.3 Å². The number of aryl methyl sites for hydroxylation is 1. The van der Waals surface area contributed by atoms with Crippen molar-refractivity contribution in [3.05, 3.63) is 47.0 Å². The average Bonchev–Trinajstić information content (AvgIpc) is 3.13. The van der Waals surface area contributed by atoms with Gasteiger partial charge in [0.2, 0.25) is 0 Å². The number of nitrogens with one attached hydrogen (secondary N) is 2. The van der Waals surface area contributed by atoms with E-state index in [2.05, 4.69) is 37.3 Å². The zero-order chi connectivity index (χ0) is 19.3. The molecule has 0 aliphatic heterocycles. The van der Waals surface area contributed by atoms with Crippen molar-refractivity contribution < 1.29 is 4.74 Å². The second-order valence-corrected chi connectivity index (χ2v) is 6.43. The third-order valence-electron chi connectivity index (χ3n) is 3.93. The Balaban J connectivity index is 1.88. The highest BCUT2D eigenvalue weighted by Crippen LogP contribution is 2.11. The molecule has 27 heavy (non-hydrogen) atoms. The minimum atomic E-state index is 0.564. The third kappa shape index (κ3) is 7.97. The van der Waals surface area contributed by atoms with Crippen molar-refractivity contribution in [3.8, 4) is 0 Å². The molecule has 2 N–H and O–H groups in total. The molecule has 148 valence electrons. The number of aromatic nitrogens is 3. The number of ether oxygens (including phenoxy) is 1. The molecule has 1 heterocycles. The van der Waals surface area contributed by atoms with E-state index in [1.54, 1.807) is 6.33 Å². The van der Waals surface area contributed by atoms with Crippen LogP contribution in [-0.2, 0) is 24.2 Å². The molecule has 2 aromatic rings. The van der Waals surface area contributed by atoms with Crippen LogP contribution in [0.3, 0.4) is 0 Å². The molecule has 0 fully saturated rings. The van der Waals surface area contributed by atoms with Crippen LogP contribution in [-0.4, -0.2) is 47.0 Å². The molecular weight excluding hydrogens is 364 g/mol. The van der Waals surface area contributed by atoms with Crippen molar-refractivity contribution in [2.24, 2.45) is 4.99 Å². The van der Waals surface area contributed by atoms with Crippen LogP contribution in [0.2, 0.25) is 5.02 Å². The van der Waals surface area contributed by atoms with E-state index in [1.165, 1.54) is 0 Å². The lowest BCUT2D eigenvalue weighted by atomic mass is 10.2. The lowest BCUT2D eigenvalue weighted by Crippen LogP contribution is -2.39. The summed E-state index contributed by atoms with van der Waals surface area (Å²) in [6, 6.07) is 7.76. The van der Waals surface area contributed by atoms with Gasteiger partial charge >= 0.3 is 0 Å². The van der Waals surface area contributed by atoms with Gasteiger partial charge in [0.1, 0.15) is 12.2 Å². The smallest absolute Gasteiger partial charge is 0.191 e. The summed E-state index contributed by atoms with van der Waals surface area (Å²) in [5.41, 5.74) is 1.07. The Kier molecular flexibility index (Phi) is 9.65. The van der Waals surface area contributed by atoms with Gasteiger partial charge in [-0.25, -0.2) is 4.99 Å². The molecule has 0 saturated carbocycles. The lowest BCUT2D eigenvalue weighted by molar-refractivity contribution is 0.145. The van der Waals surface area contributed by atoms with Gasteiger partial charge in [-0.1, -0.05) is 30.7 Å². The van der Waals surface area contributed by atoms with Gasteiger partial charge in [-0.2, -0.15) is 0 Å². The Morgan fingerprint density at radius 3 is 2.89 bits per heavy atom. The summed E-state index contributed by atoms with van der Waals surface area (Å²) in [4.78, 5) is 4.67. The quantitative estimate of drug-likeness (QED) is 0.349. The first-order chi connectivity index (χ1) is 13.2. The molecule has 0 aliphatic rings. The molecule has 0 aliphatic carbocycles. The van der Waals surface area contributed by atoms with Crippen LogP contribution in [0.15, 0.2) is 35.6 Å². The Bertz CT molecular complexity index is 703. The molecular formula is C19H29ClN6O. The number of rotatable bonds is 11. The molecule has 8 heteroatoms. The van der Waals surface area contributed by atoms with E-state index in [0.717, 1.165) is 68.1 Å². The monoisotopic (exact) mass is 392 g/mol. The molecule has 0 radical (unpaired) electrons. The van der Waals surface area contributed by atoms with Crippen molar-refractivity contribution in [2.75, 3.05) is 26.3 Å². The van der Waals surface area contributed by atoms with Gasteiger partial charge in [-0.15, -0.1) is 10.2 Å².